The third kappa shape index (κ3) is 4.98. The molecule has 0 unspecified atom stereocenters. The van der Waals surface area contributed by atoms with E-state index in [2.05, 4.69) is 11.0 Å². The van der Waals surface area contributed by atoms with Crippen LogP contribution in [0.2, 0.25) is 5.02 Å². The van der Waals surface area contributed by atoms with Gasteiger partial charge in [0, 0.05) is 31.3 Å². The van der Waals surface area contributed by atoms with Gasteiger partial charge < -0.3 is 10.5 Å². The molecule has 114 valence electrons. The molecule has 0 aliphatic carbocycles. The molecule has 1 saturated heterocycles. The van der Waals surface area contributed by atoms with Gasteiger partial charge in [0.2, 0.25) is 0 Å². The van der Waals surface area contributed by atoms with E-state index in [4.69, 9.17) is 27.3 Å². The fourth-order valence-electron chi connectivity index (χ4n) is 2.55. The van der Waals surface area contributed by atoms with Crippen molar-refractivity contribution < 1.29 is 4.74 Å². The number of likely N-dealkylation sites (tertiary alicyclic amines) is 1. The molecule has 1 aromatic carbocycles. The molecular weight excluding hydrogens is 286 g/mol. The number of nitrogens with zero attached hydrogens (tertiary/aromatic N) is 2. The highest BCUT2D eigenvalue weighted by Crippen LogP contribution is 2.22. The van der Waals surface area contributed by atoms with Gasteiger partial charge in [0.25, 0.3) is 0 Å². The van der Waals surface area contributed by atoms with Gasteiger partial charge in [0.05, 0.1) is 17.7 Å². The van der Waals surface area contributed by atoms with Gasteiger partial charge in [-0.25, -0.2) is 0 Å². The maximum Gasteiger partial charge on any atom is 0.0992 e. The molecule has 4 nitrogen and oxygen atoms in total. The molecule has 0 atom stereocenters. The number of halogens is 1. The Morgan fingerprint density at radius 1 is 1.38 bits per heavy atom. The lowest BCUT2D eigenvalue weighted by molar-refractivity contribution is 0.00564. The SMILES string of the molecule is N#Cc1ccc(CN2CCC(OCCCN)CC2)c(Cl)c1. The van der Waals surface area contributed by atoms with E-state index in [1.165, 1.54) is 0 Å². The number of hydrogen-bond acceptors (Lipinski definition) is 4. The van der Waals surface area contributed by atoms with E-state index in [-0.39, 0.29) is 0 Å². The van der Waals surface area contributed by atoms with Crippen LogP contribution in [0.25, 0.3) is 0 Å². The molecular formula is C16H22ClN3O. The standard InChI is InChI=1S/C16H22ClN3O/c17-16-10-13(11-19)2-3-14(16)12-20-7-4-15(5-8-20)21-9-1-6-18/h2-3,10,15H,1,4-9,12,18H2. The molecule has 0 aromatic heterocycles. The number of nitrogens with two attached hydrogens (primary N) is 1. The van der Waals surface area contributed by atoms with Crippen molar-refractivity contribution in [1.82, 2.24) is 4.90 Å². The first-order chi connectivity index (χ1) is 10.2. The van der Waals surface area contributed by atoms with E-state index < -0.39 is 0 Å². The molecule has 1 fully saturated rings. The quantitative estimate of drug-likeness (QED) is 0.820. The zero-order valence-corrected chi connectivity index (χ0v) is 13.0. The monoisotopic (exact) mass is 307 g/mol. The molecule has 2 N–H and O–H groups in total. The van der Waals surface area contributed by atoms with E-state index in [0.29, 0.717) is 23.2 Å². The van der Waals surface area contributed by atoms with Crippen LogP contribution >= 0.6 is 11.6 Å². The minimum atomic E-state index is 0.365. The maximum absolute atomic E-state index is 8.85. The summed E-state index contributed by atoms with van der Waals surface area (Å²) in [6.07, 6.45) is 3.40. The highest BCUT2D eigenvalue weighted by Gasteiger charge is 2.20. The van der Waals surface area contributed by atoms with Crippen LogP contribution in [0.1, 0.15) is 30.4 Å². The van der Waals surface area contributed by atoms with E-state index in [0.717, 1.165) is 51.1 Å². The summed E-state index contributed by atoms with van der Waals surface area (Å²) in [6.45, 7) is 4.33. The number of ether oxygens (including phenoxy) is 1. The predicted molar refractivity (Wildman–Crippen MR) is 84.1 cm³/mol. The van der Waals surface area contributed by atoms with Crippen molar-refractivity contribution in [2.24, 2.45) is 5.73 Å². The van der Waals surface area contributed by atoms with Crippen molar-refractivity contribution in [2.45, 2.75) is 31.9 Å². The van der Waals surface area contributed by atoms with Crippen molar-refractivity contribution in [1.29, 1.82) is 5.26 Å². The second-order valence-corrected chi connectivity index (χ2v) is 5.81. The normalized spacial score (nSPS) is 16.8. The molecule has 0 bridgehead atoms. The number of piperidine rings is 1. The van der Waals surface area contributed by atoms with Gasteiger partial charge in [0.1, 0.15) is 0 Å². The molecule has 2 rings (SSSR count). The van der Waals surface area contributed by atoms with Crippen molar-refractivity contribution in [2.75, 3.05) is 26.2 Å². The lowest BCUT2D eigenvalue weighted by Crippen LogP contribution is -2.36. The summed E-state index contributed by atoms with van der Waals surface area (Å²) in [7, 11) is 0. The molecule has 1 aliphatic rings. The van der Waals surface area contributed by atoms with Gasteiger partial charge >= 0.3 is 0 Å². The highest BCUT2D eigenvalue weighted by molar-refractivity contribution is 6.31. The fourth-order valence-corrected chi connectivity index (χ4v) is 2.79. The van der Waals surface area contributed by atoms with Crippen LogP contribution in [-0.4, -0.2) is 37.2 Å². The van der Waals surface area contributed by atoms with Crippen LogP contribution in [0.4, 0.5) is 0 Å². The van der Waals surface area contributed by atoms with Gasteiger partial charge in [0.15, 0.2) is 0 Å². The molecule has 5 heteroatoms. The maximum atomic E-state index is 8.85. The minimum absolute atomic E-state index is 0.365. The molecule has 1 aromatic rings. The Morgan fingerprint density at radius 3 is 2.76 bits per heavy atom. The van der Waals surface area contributed by atoms with Crippen molar-refractivity contribution >= 4 is 11.6 Å². The first-order valence-corrected chi connectivity index (χ1v) is 7.83. The molecule has 1 aliphatic heterocycles. The van der Waals surface area contributed by atoms with Gasteiger partial charge in [-0.3, -0.25) is 4.90 Å². The van der Waals surface area contributed by atoms with Crippen LogP contribution in [-0.2, 0) is 11.3 Å². The Balaban J connectivity index is 1.80. The summed E-state index contributed by atoms with van der Waals surface area (Å²) in [5, 5.41) is 9.53. The minimum Gasteiger partial charge on any atom is -0.378 e. The topological polar surface area (TPSA) is 62.3 Å². The summed E-state index contributed by atoms with van der Waals surface area (Å²) in [4.78, 5) is 2.38. The third-order valence-electron chi connectivity index (χ3n) is 3.81. The van der Waals surface area contributed by atoms with Crippen LogP contribution < -0.4 is 5.73 Å². The molecule has 1 heterocycles. The zero-order valence-electron chi connectivity index (χ0n) is 12.2. The van der Waals surface area contributed by atoms with Crippen LogP contribution in [0, 0.1) is 11.3 Å². The smallest absolute Gasteiger partial charge is 0.0992 e. The van der Waals surface area contributed by atoms with Gasteiger partial charge in [-0.2, -0.15) is 5.26 Å². The lowest BCUT2D eigenvalue weighted by atomic mass is 10.1. The van der Waals surface area contributed by atoms with Gasteiger partial charge in [-0.05, 0) is 43.5 Å². The molecule has 0 saturated carbocycles. The van der Waals surface area contributed by atoms with Crippen LogP contribution in [0.5, 0.6) is 0 Å². The van der Waals surface area contributed by atoms with Gasteiger partial charge in [-0.1, -0.05) is 17.7 Å². The zero-order chi connectivity index (χ0) is 15.1. The highest BCUT2D eigenvalue weighted by atomic mass is 35.5. The van der Waals surface area contributed by atoms with Crippen molar-refractivity contribution in [3.8, 4) is 6.07 Å². The van der Waals surface area contributed by atoms with E-state index in [1.54, 1.807) is 6.07 Å². The summed E-state index contributed by atoms with van der Waals surface area (Å²) < 4.78 is 5.81. The second-order valence-electron chi connectivity index (χ2n) is 5.41. The average molecular weight is 308 g/mol. The average Bonchev–Trinajstić information content (AvgIpc) is 2.51. The van der Waals surface area contributed by atoms with Crippen LogP contribution in [0.3, 0.4) is 0 Å². The molecule has 0 radical (unpaired) electrons. The lowest BCUT2D eigenvalue weighted by Gasteiger charge is -2.32. The molecule has 0 amide bonds. The Morgan fingerprint density at radius 2 is 2.14 bits per heavy atom. The number of hydrogen-bond donors (Lipinski definition) is 1. The number of rotatable bonds is 6. The number of nitriles is 1. The van der Waals surface area contributed by atoms with E-state index in [9.17, 15) is 0 Å². The van der Waals surface area contributed by atoms with Crippen molar-refractivity contribution in [3.63, 3.8) is 0 Å². The van der Waals surface area contributed by atoms with Gasteiger partial charge in [-0.15, -0.1) is 0 Å². The largest absolute Gasteiger partial charge is 0.378 e. The van der Waals surface area contributed by atoms with E-state index >= 15 is 0 Å². The second kappa shape index (κ2) is 8.35. The summed E-state index contributed by atoms with van der Waals surface area (Å²) in [6, 6.07) is 7.61. The summed E-state index contributed by atoms with van der Waals surface area (Å²) in [5.74, 6) is 0. The first kappa shape index (κ1) is 16.3. The fraction of sp³-hybridized carbons (Fsp3) is 0.562. The Kier molecular flexibility index (Phi) is 6.47. The third-order valence-corrected chi connectivity index (χ3v) is 4.16. The van der Waals surface area contributed by atoms with Crippen LogP contribution in [0.15, 0.2) is 18.2 Å². The molecule has 0 spiro atoms. The van der Waals surface area contributed by atoms with E-state index in [1.807, 2.05) is 12.1 Å². The predicted octanol–water partition coefficient (Wildman–Crippen LogP) is 2.54. The number of benzene rings is 1. The Hall–Kier alpha value is -1.12. The first-order valence-electron chi connectivity index (χ1n) is 7.45. The summed E-state index contributed by atoms with van der Waals surface area (Å²) >= 11 is 6.23. The Labute approximate surface area is 131 Å². The molecule has 21 heavy (non-hydrogen) atoms. The van der Waals surface area contributed by atoms with Crippen molar-refractivity contribution in [3.05, 3.63) is 34.3 Å². The Bertz CT molecular complexity index is 493. The summed E-state index contributed by atoms with van der Waals surface area (Å²) in [5.41, 5.74) is 7.15.